The number of aliphatic carboxylic acids is 1. The Kier molecular flexibility index (Phi) is 7.63. The van der Waals surface area contributed by atoms with Crippen LogP contribution in [0.25, 0.3) is 16.6 Å². The highest BCUT2D eigenvalue weighted by Gasteiger charge is 2.19. The van der Waals surface area contributed by atoms with Crippen LogP contribution in [0.4, 0.5) is 4.39 Å². The maximum absolute atomic E-state index is 13.5. The van der Waals surface area contributed by atoms with Crippen molar-refractivity contribution >= 4 is 30.7 Å². The molecule has 0 aliphatic heterocycles. The number of carbonyl (C=O) groups excluding carboxylic acids is 1. The van der Waals surface area contributed by atoms with Crippen LogP contribution in [0.1, 0.15) is 37.4 Å². The lowest BCUT2D eigenvalue weighted by molar-refractivity contribution is -0.139. The molecule has 8 heteroatoms. The molecule has 3 rings (SSSR count). The van der Waals surface area contributed by atoms with E-state index in [1.54, 1.807) is 12.1 Å². The minimum Gasteiger partial charge on any atom is -0.481 e. The molecule has 2 aromatic carbocycles. The zero-order valence-corrected chi connectivity index (χ0v) is 18.7. The third kappa shape index (κ3) is 5.53. The standard InChI is InChI=1S/C24H23FNO5P/c1-16(2)24-20-6-3-4-7-21(20)26(18-11-9-17(25)10-12-18)22(24)8-5-13-31-32(30)15-19(27)14-23(28)29/h3-4,6-7,9-12,16,32H,13-15H2,1-2H3,(H,28,29). The molecule has 0 saturated heterocycles. The molecule has 166 valence electrons. The van der Waals surface area contributed by atoms with Crippen LogP contribution in [0.2, 0.25) is 0 Å². The minimum absolute atomic E-state index is 0.152. The molecule has 1 atom stereocenters. The molecule has 0 radical (unpaired) electrons. The van der Waals surface area contributed by atoms with Gasteiger partial charge in [0, 0.05) is 11.1 Å². The summed E-state index contributed by atoms with van der Waals surface area (Å²) in [6.07, 6.45) is -1.10. The molecule has 0 aliphatic carbocycles. The Morgan fingerprint density at radius 1 is 1.16 bits per heavy atom. The van der Waals surface area contributed by atoms with E-state index in [4.69, 9.17) is 9.63 Å². The molecular weight excluding hydrogens is 432 g/mol. The van der Waals surface area contributed by atoms with Crippen LogP contribution in [0, 0.1) is 17.7 Å². The molecule has 0 spiro atoms. The summed E-state index contributed by atoms with van der Waals surface area (Å²) < 4.78 is 32.5. The molecule has 6 nitrogen and oxygen atoms in total. The Balaban J connectivity index is 1.93. The number of aromatic nitrogens is 1. The fourth-order valence-electron chi connectivity index (χ4n) is 3.51. The van der Waals surface area contributed by atoms with Gasteiger partial charge in [-0.3, -0.25) is 14.2 Å². The number of carboxylic acid groups (broad SMARTS) is 1. The summed E-state index contributed by atoms with van der Waals surface area (Å²) in [5.74, 6) is 3.86. The summed E-state index contributed by atoms with van der Waals surface area (Å²) in [7, 11) is -2.72. The second-order valence-corrected chi connectivity index (χ2v) is 8.88. The number of hydrogen-bond acceptors (Lipinski definition) is 4. The SMILES string of the molecule is CC(C)c1c(C#CCO[PH](=O)CC(=O)CC(=O)O)n(-c2ccc(F)cc2)c2ccccc12. The lowest BCUT2D eigenvalue weighted by Crippen LogP contribution is -2.09. The average Bonchev–Trinajstić information content (AvgIpc) is 3.05. The third-order valence-electron chi connectivity index (χ3n) is 4.78. The van der Waals surface area contributed by atoms with Gasteiger partial charge in [-0.2, -0.15) is 0 Å². The number of Topliss-reactive ketones (excluding diaryl/α,β-unsaturated/α-hetero) is 1. The fraction of sp³-hybridized carbons (Fsp3) is 0.250. The van der Waals surface area contributed by atoms with Crippen LogP contribution in [0.3, 0.4) is 0 Å². The van der Waals surface area contributed by atoms with Crippen molar-refractivity contribution in [2.75, 3.05) is 12.8 Å². The van der Waals surface area contributed by atoms with E-state index in [0.717, 1.165) is 27.8 Å². The predicted molar refractivity (Wildman–Crippen MR) is 121 cm³/mol. The van der Waals surface area contributed by atoms with E-state index >= 15 is 0 Å². The van der Waals surface area contributed by atoms with E-state index in [9.17, 15) is 18.5 Å². The number of benzene rings is 2. The predicted octanol–water partition coefficient (Wildman–Crippen LogP) is 4.78. The van der Waals surface area contributed by atoms with Crippen molar-refractivity contribution in [3.8, 4) is 17.5 Å². The molecule has 1 unspecified atom stereocenters. The Morgan fingerprint density at radius 3 is 2.50 bits per heavy atom. The molecule has 0 aliphatic rings. The second kappa shape index (κ2) is 10.4. The molecular formula is C24H23FNO5P. The van der Waals surface area contributed by atoms with Crippen LogP contribution in [-0.2, 0) is 18.7 Å². The van der Waals surface area contributed by atoms with Crippen molar-refractivity contribution in [1.82, 2.24) is 4.57 Å². The van der Waals surface area contributed by atoms with Gasteiger partial charge in [-0.15, -0.1) is 0 Å². The number of nitrogens with zero attached hydrogens (tertiary/aromatic N) is 1. The summed E-state index contributed by atoms with van der Waals surface area (Å²) in [5.41, 5.74) is 3.44. The fourth-order valence-corrected chi connectivity index (χ4v) is 4.29. The van der Waals surface area contributed by atoms with Crippen LogP contribution in [0.5, 0.6) is 0 Å². The highest BCUT2D eigenvalue weighted by atomic mass is 31.1. The molecule has 3 aromatic rings. The number of fused-ring (bicyclic) bond motifs is 1. The lowest BCUT2D eigenvalue weighted by Gasteiger charge is -2.09. The monoisotopic (exact) mass is 455 g/mol. The molecule has 32 heavy (non-hydrogen) atoms. The van der Waals surface area contributed by atoms with Gasteiger partial charge in [0.25, 0.3) is 0 Å². The highest BCUT2D eigenvalue weighted by Crippen LogP contribution is 2.34. The van der Waals surface area contributed by atoms with Gasteiger partial charge < -0.3 is 14.2 Å². The molecule has 1 heterocycles. The van der Waals surface area contributed by atoms with Gasteiger partial charge in [-0.25, -0.2) is 4.39 Å². The summed E-state index contributed by atoms with van der Waals surface area (Å²) >= 11 is 0. The van der Waals surface area contributed by atoms with Crippen LogP contribution < -0.4 is 0 Å². The molecule has 0 amide bonds. The van der Waals surface area contributed by atoms with Gasteiger partial charge >= 0.3 is 5.97 Å². The van der Waals surface area contributed by atoms with Crippen molar-refractivity contribution in [3.05, 3.63) is 65.6 Å². The topological polar surface area (TPSA) is 85.6 Å². The molecule has 1 aromatic heterocycles. The van der Waals surface area contributed by atoms with E-state index in [2.05, 4.69) is 25.7 Å². The molecule has 0 fully saturated rings. The van der Waals surface area contributed by atoms with Crippen molar-refractivity contribution in [2.45, 2.75) is 26.2 Å². The smallest absolute Gasteiger partial charge is 0.310 e. The zero-order valence-electron chi connectivity index (χ0n) is 17.7. The van der Waals surface area contributed by atoms with Crippen LogP contribution >= 0.6 is 8.03 Å². The number of halogens is 1. The molecule has 0 bridgehead atoms. The van der Waals surface area contributed by atoms with Crippen molar-refractivity contribution in [3.63, 3.8) is 0 Å². The van der Waals surface area contributed by atoms with E-state index in [1.165, 1.54) is 12.1 Å². The van der Waals surface area contributed by atoms with Gasteiger partial charge in [0.05, 0.1) is 11.7 Å². The minimum atomic E-state index is -2.72. The van der Waals surface area contributed by atoms with E-state index < -0.39 is 32.4 Å². The number of carbonyl (C=O) groups is 2. The second-order valence-electron chi connectivity index (χ2n) is 7.49. The Bertz CT molecular complexity index is 1230. The summed E-state index contributed by atoms with van der Waals surface area (Å²) in [4.78, 5) is 22.0. The van der Waals surface area contributed by atoms with E-state index in [0.29, 0.717) is 0 Å². The Hall–Kier alpha value is -3.20. The Morgan fingerprint density at radius 2 is 1.84 bits per heavy atom. The molecule has 0 saturated carbocycles. The normalized spacial score (nSPS) is 11.9. The largest absolute Gasteiger partial charge is 0.481 e. The van der Waals surface area contributed by atoms with Gasteiger partial charge in [-0.05, 0) is 47.7 Å². The third-order valence-corrected chi connectivity index (χ3v) is 5.93. The van der Waals surface area contributed by atoms with Crippen LogP contribution in [-0.4, -0.2) is 34.2 Å². The first-order chi connectivity index (χ1) is 15.3. The number of carboxylic acids is 1. The molecule has 1 N–H and O–H groups in total. The highest BCUT2D eigenvalue weighted by molar-refractivity contribution is 7.40. The first-order valence-electron chi connectivity index (χ1n) is 10.0. The van der Waals surface area contributed by atoms with Crippen molar-refractivity contribution in [2.24, 2.45) is 0 Å². The summed E-state index contributed by atoms with van der Waals surface area (Å²) in [6, 6.07) is 14.0. The van der Waals surface area contributed by atoms with Crippen LogP contribution in [0.15, 0.2) is 48.5 Å². The summed E-state index contributed by atoms with van der Waals surface area (Å²) in [5, 5.41) is 9.64. The van der Waals surface area contributed by atoms with Gasteiger partial charge in [0.1, 0.15) is 24.5 Å². The van der Waals surface area contributed by atoms with Crippen molar-refractivity contribution < 1.29 is 28.2 Å². The van der Waals surface area contributed by atoms with Gasteiger partial charge in [0.2, 0.25) is 0 Å². The number of hydrogen-bond donors (Lipinski definition) is 1. The number of rotatable bonds is 8. The maximum Gasteiger partial charge on any atom is 0.310 e. The lowest BCUT2D eigenvalue weighted by atomic mass is 9.99. The van der Waals surface area contributed by atoms with E-state index in [-0.39, 0.29) is 18.3 Å². The number of para-hydroxylation sites is 1. The van der Waals surface area contributed by atoms with E-state index in [1.807, 2.05) is 28.8 Å². The first kappa shape index (κ1) is 23.5. The average molecular weight is 455 g/mol. The first-order valence-corrected chi connectivity index (χ1v) is 11.6. The summed E-state index contributed by atoms with van der Waals surface area (Å²) in [6.45, 7) is 3.96. The van der Waals surface area contributed by atoms with Gasteiger partial charge in [-0.1, -0.05) is 38.0 Å². The maximum atomic E-state index is 13.5. The van der Waals surface area contributed by atoms with Gasteiger partial charge in [0.15, 0.2) is 13.8 Å². The Labute approximate surface area is 185 Å². The quantitative estimate of drug-likeness (QED) is 0.300. The van der Waals surface area contributed by atoms with Crippen molar-refractivity contribution in [1.29, 1.82) is 0 Å². The zero-order chi connectivity index (χ0) is 23.3. The number of ketones is 1.